The molecule has 5 heteroatoms. The van der Waals surface area contributed by atoms with E-state index in [1.807, 2.05) is 32.0 Å². The van der Waals surface area contributed by atoms with Crippen molar-refractivity contribution in [2.45, 2.75) is 13.8 Å². The van der Waals surface area contributed by atoms with E-state index >= 15 is 0 Å². The van der Waals surface area contributed by atoms with Gasteiger partial charge in [-0.1, -0.05) is 6.07 Å². The molecule has 0 radical (unpaired) electrons. The predicted molar refractivity (Wildman–Crippen MR) is 80.1 cm³/mol. The molecule has 21 heavy (non-hydrogen) atoms. The van der Waals surface area contributed by atoms with Crippen LogP contribution >= 0.6 is 0 Å². The van der Waals surface area contributed by atoms with Crippen molar-refractivity contribution in [3.8, 4) is 28.7 Å². The third kappa shape index (κ3) is 2.48. The number of rotatable bonds is 3. The van der Waals surface area contributed by atoms with Crippen LogP contribution in [-0.4, -0.2) is 14.2 Å². The van der Waals surface area contributed by atoms with E-state index in [1.165, 1.54) is 0 Å². The van der Waals surface area contributed by atoms with Gasteiger partial charge in [0.15, 0.2) is 11.5 Å². The number of methoxy groups -OCH3 is 2. The number of H-pyrrole nitrogens is 1. The van der Waals surface area contributed by atoms with Crippen LogP contribution in [0.5, 0.6) is 11.5 Å². The van der Waals surface area contributed by atoms with Crippen molar-refractivity contribution in [2.75, 3.05) is 20.0 Å². The zero-order valence-corrected chi connectivity index (χ0v) is 12.6. The van der Waals surface area contributed by atoms with Crippen molar-refractivity contribution >= 4 is 5.82 Å². The van der Waals surface area contributed by atoms with Gasteiger partial charge in [0.2, 0.25) is 0 Å². The van der Waals surface area contributed by atoms with E-state index in [0.29, 0.717) is 22.9 Å². The summed E-state index contributed by atoms with van der Waals surface area (Å²) in [5, 5.41) is 9.40. The summed E-state index contributed by atoms with van der Waals surface area (Å²) < 4.78 is 10.6. The number of hydrogen-bond donors (Lipinski definition) is 1. The lowest BCUT2D eigenvalue weighted by atomic mass is 9.95. The molecule has 1 heterocycles. The Morgan fingerprint density at radius 3 is 2.38 bits per heavy atom. The Morgan fingerprint density at radius 2 is 1.81 bits per heavy atom. The van der Waals surface area contributed by atoms with Gasteiger partial charge in [-0.25, -0.2) is 4.98 Å². The zero-order valence-electron chi connectivity index (χ0n) is 12.6. The summed E-state index contributed by atoms with van der Waals surface area (Å²) in [6, 6.07) is 7.72. The van der Waals surface area contributed by atoms with Gasteiger partial charge in [-0.3, -0.25) is 5.73 Å². The van der Waals surface area contributed by atoms with Crippen LogP contribution < -0.4 is 20.2 Å². The number of anilines is 1. The summed E-state index contributed by atoms with van der Waals surface area (Å²) in [6.07, 6.45) is 0. The first-order valence-corrected chi connectivity index (χ1v) is 6.48. The molecular formula is C16H18N3O2+. The lowest BCUT2D eigenvalue weighted by Gasteiger charge is -2.13. The highest BCUT2D eigenvalue weighted by atomic mass is 16.5. The summed E-state index contributed by atoms with van der Waals surface area (Å²) >= 11 is 0. The molecule has 0 bridgehead atoms. The molecule has 2 aromatic rings. The largest absolute Gasteiger partial charge is 0.493 e. The van der Waals surface area contributed by atoms with E-state index in [2.05, 4.69) is 11.1 Å². The van der Waals surface area contributed by atoms with Gasteiger partial charge in [0, 0.05) is 11.1 Å². The molecule has 2 rings (SSSR count). The standard InChI is InChI=1S/C16H17N3O2/c1-9-10(2)19-16(18)12(8-17)15(9)11-5-6-13(20-3)14(7-11)21-4/h5-7H,1-4H3,(H2,18,19)/p+1. The van der Waals surface area contributed by atoms with E-state index in [4.69, 9.17) is 15.2 Å². The lowest BCUT2D eigenvalue weighted by molar-refractivity contribution is -0.370. The third-order valence-corrected chi connectivity index (χ3v) is 3.56. The molecule has 0 atom stereocenters. The number of ether oxygens (including phenoxy) is 2. The van der Waals surface area contributed by atoms with E-state index < -0.39 is 0 Å². The van der Waals surface area contributed by atoms with Gasteiger partial charge in [-0.2, -0.15) is 5.26 Å². The van der Waals surface area contributed by atoms with Crippen LogP contribution in [0.3, 0.4) is 0 Å². The number of nitrogens with zero attached hydrogens (tertiary/aromatic N) is 1. The molecule has 0 saturated heterocycles. The van der Waals surface area contributed by atoms with Crippen molar-refractivity contribution in [1.82, 2.24) is 0 Å². The molecule has 0 unspecified atom stereocenters. The molecule has 0 aliphatic rings. The van der Waals surface area contributed by atoms with Crippen LogP contribution in [0.25, 0.3) is 11.1 Å². The molecule has 108 valence electrons. The van der Waals surface area contributed by atoms with Gasteiger partial charge in [-0.05, 0) is 31.5 Å². The first kappa shape index (κ1) is 14.7. The first-order valence-electron chi connectivity index (χ1n) is 6.48. The minimum absolute atomic E-state index is 0.366. The van der Waals surface area contributed by atoms with E-state index in [1.54, 1.807) is 14.2 Å². The lowest BCUT2D eigenvalue weighted by Crippen LogP contribution is -2.18. The number of nitrogen functional groups attached to an aromatic ring is 1. The normalized spacial score (nSPS) is 10.0. The molecule has 5 nitrogen and oxygen atoms in total. The predicted octanol–water partition coefficient (Wildman–Crippen LogP) is 2.26. The summed E-state index contributed by atoms with van der Waals surface area (Å²) in [7, 11) is 3.17. The Bertz CT molecular complexity index is 733. The van der Waals surface area contributed by atoms with Crippen molar-refractivity contribution in [3.05, 3.63) is 35.0 Å². The summed E-state index contributed by atoms with van der Waals surface area (Å²) in [5.74, 6) is 1.62. The number of aromatic amines is 1. The maximum Gasteiger partial charge on any atom is 0.289 e. The van der Waals surface area contributed by atoms with Crippen molar-refractivity contribution in [2.24, 2.45) is 0 Å². The van der Waals surface area contributed by atoms with E-state index in [0.717, 1.165) is 22.4 Å². The second-order valence-electron chi connectivity index (χ2n) is 4.72. The highest BCUT2D eigenvalue weighted by Crippen LogP contribution is 2.36. The Morgan fingerprint density at radius 1 is 1.14 bits per heavy atom. The number of pyridine rings is 1. The fourth-order valence-electron chi connectivity index (χ4n) is 2.34. The van der Waals surface area contributed by atoms with Crippen LogP contribution in [0.1, 0.15) is 16.8 Å². The number of benzene rings is 1. The second-order valence-corrected chi connectivity index (χ2v) is 4.72. The van der Waals surface area contributed by atoms with Crippen molar-refractivity contribution in [3.63, 3.8) is 0 Å². The van der Waals surface area contributed by atoms with Crippen molar-refractivity contribution in [1.29, 1.82) is 5.26 Å². The Labute approximate surface area is 123 Å². The Kier molecular flexibility index (Phi) is 3.99. The molecule has 0 spiro atoms. The topological polar surface area (TPSA) is 82.4 Å². The quantitative estimate of drug-likeness (QED) is 0.937. The van der Waals surface area contributed by atoms with Gasteiger partial charge in [0.05, 0.1) is 14.2 Å². The van der Waals surface area contributed by atoms with Gasteiger partial charge >= 0.3 is 0 Å². The molecule has 0 saturated carbocycles. The minimum Gasteiger partial charge on any atom is -0.493 e. The molecular weight excluding hydrogens is 266 g/mol. The van der Waals surface area contributed by atoms with E-state index in [9.17, 15) is 5.26 Å². The average molecular weight is 284 g/mol. The molecule has 3 N–H and O–H groups in total. The number of hydrogen-bond acceptors (Lipinski definition) is 4. The minimum atomic E-state index is 0.366. The Hall–Kier alpha value is -2.74. The molecule has 0 fully saturated rings. The molecule has 0 aliphatic carbocycles. The Balaban J connectivity index is 2.76. The maximum absolute atomic E-state index is 9.40. The van der Waals surface area contributed by atoms with Gasteiger partial charge in [-0.15, -0.1) is 0 Å². The smallest absolute Gasteiger partial charge is 0.289 e. The number of aromatic nitrogens is 1. The SMILES string of the molecule is COc1ccc(-c2c(C)c(C)[nH+]c(N)c2C#N)cc1OC. The van der Waals surface area contributed by atoms with Gasteiger partial charge < -0.3 is 9.47 Å². The van der Waals surface area contributed by atoms with Gasteiger partial charge in [0.1, 0.15) is 17.3 Å². The summed E-state index contributed by atoms with van der Waals surface area (Å²) in [4.78, 5) is 3.02. The summed E-state index contributed by atoms with van der Waals surface area (Å²) in [6.45, 7) is 3.88. The highest BCUT2D eigenvalue weighted by molar-refractivity contribution is 5.78. The van der Waals surface area contributed by atoms with Crippen LogP contribution in [0.4, 0.5) is 5.82 Å². The number of nitrogens with one attached hydrogen (secondary N) is 1. The highest BCUT2D eigenvalue weighted by Gasteiger charge is 2.20. The van der Waals surface area contributed by atoms with Crippen molar-refractivity contribution < 1.29 is 14.5 Å². The molecule has 1 aromatic carbocycles. The number of aryl methyl sites for hydroxylation is 1. The fourth-order valence-corrected chi connectivity index (χ4v) is 2.34. The van der Waals surface area contributed by atoms with Crippen LogP contribution in [-0.2, 0) is 0 Å². The zero-order chi connectivity index (χ0) is 15.6. The fraction of sp³-hybridized carbons (Fsp3) is 0.250. The van der Waals surface area contributed by atoms with Crippen LogP contribution in [0.15, 0.2) is 18.2 Å². The van der Waals surface area contributed by atoms with Crippen LogP contribution in [0.2, 0.25) is 0 Å². The number of nitrogens with two attached hydrogens (primary N) is 1. The van der Waals surface area contributed by atoms with E-state index in [-0.39, 0.29) is 0 Å². The second kappa shape index (κ2) is 5.71. The maximum atomic E-state index is 9.40. The molecule has 0 aliphatic heterocycles. The average Bonchev–Trinajstić information content (AvgIpc) is 2.49. The summed E-state index contributed by atoms with van der Waals surface area (Å²) in [5.41, 5.74) is 9.95. The van der Waals surface area contributed by atoms with Crippen LogP contribution in [0, 0.1) is 25.2 Å². The molecule has 1 aromatic heterocycles. The van der Waals surface area contributed by atoms with Gasteiger partial charge in [0.25, 0.3) is 5.82 Å². The monoisotopic (exact) mass is 284 g/mol. The molecule has 0 amide bonds. The number of nitriles is 1. The first-order chi connectivity index (χ1) is 10.0. The third-order valence-electron chi connectivity index (χ3n) is 3.56.